The zero-order valence-corrected chi connectivity index (χ0v) is 26.2. The van der Waals surface area contributed by atoms with Gasteiger partial charge in [-0.3, -0.25) is 9.59 Å². The predicted molar refractivity (Wildman–Crippen MR) is 178 cm³/mol. The third kappa shape index (κ3) is 12.9. The number of rotatable bonds is 20. The number of carboxylic acids is 1. The Labute approximate surface area is 273 Å². The molecular formula is C34H39N7O6. The van der Waals surface area contributed by atoms with Gasteiger partial charge in [-0.25, -0.2) is 0 Å². The molecule has 0 saturated carbocycles. The minimum atomic E-state index is -0.906. The van der Waals surface area contributed by atoms with Gasteiger partial charge in [0.05, 0.1) is 26.2 Å². The van der Waals surface area contributed by atoms with Gasteiger partial charge in [-0.1, -0.05) is 42.5 Å². The highest BCUT2D eigenvalue weighted by molar-refractivity contribution is 5.94. The molecule has 0 bridgehead atoms. The fourth-order valence-corrected chi connectivity index (χ4v) is 4.27. The second kappa shape index (κ2) is 18.5. The molecule has 0 aliphatic carbocycles. The van der Waals surface area contributed by atoms with Gasteiger partial charge >= 0.3 is 5.97 Å². The number of benzene rings is 3. The van der Waals surface area contributed by atoms with Crippen molar-refractivity contribution in [3.8, 4) is 0 Å². The smallest absolute Gasteiger partial charge is 0.307 e. The molecule has 1 aromatic heterocycles. The number of aromatic nitrogens is 3. The van der Waals surface area contributed by atoms with E-state index in [0.717, 1.165) is 5.56 Å². The number of carbonyl (C=O) groups excluding carboxylic acids is 2. The summed E-state index contributed by atoms with van der Waals surface area (Å²) < 4.78 is 11.1. The Morgan fingerprint density at radius 1 is 0.702 bits per heavy atom. The minimum absolute atomic E-state index is 0.0737. The van der Waals surface area contributed by atoms with Crippen LogP contribution in [0.4, 0.5) is 29.2 Å². The first-order valence-corrected chi connectivity index (χ1v) is 15.3. The second-order valence-electron chi connectivity index (χ2n) is 10.5. The van der Waals surface area contributed by atoms with E-state index < -0.39 is 5.97 Å². The molecule has 0 fully saturated rings. The molecule has 4 aromatic rings. The van der Waals surface area contributed by atoms with Gasteiger partial charge in [-0.2, -0.15) is 15.0 Å². The summed E-state index contributed by atoms with van der Waals surface area (Å²) in [7, 11) is 0. The van der Waals surface area contributed by atoms with E-state index in [1.54, 1.807) is 55.5 Å². The molecule has 0 unspecified atom stereocenters. The standard InChI is InChI=1S/C34H39N7O6/c1-24(42)6-5-18-46-20-21-47-19-17-35-32-39-33(37-28-13-9-25(10-14-28)22-30(43)44)41-34(40-32)38-29-15-11-27(12-16-29)31(45)36-23-26-7-3-2-4-8-26/h2-4,7-16H,5-6,17-23H2,1H3,(H,36,45)(H,43,44)(H3,35,37,38,39,40,41). The number of hydrogen-bond acceptors (Lipinski definition) is 11. The Kier molecular flexibility index (Phi) is 13.6. The molecule has 4 rings (SSSR count). The van der Waals surface area contributed by atoms with E-state index in [1.807, 2.05) is 30.3 Å². The fraction of sp³-hybridized carbons (Fsp3) is 0.294. The monoisotopic (exact) mass is 641 g/mol. The summed E-state index contributed by atoms with van der Waals surface area (Å²) in [4.78, 5) is 48.1. The number of ketones is 1. The van der Waals surface area contributed by atoms with Gasteiger partial charge in [0.2, 0.25) is 17.8 Å². The molecule has 13 nitrogen and oxygen atoms in total. The molecule has 47 heavy (non-hydrogen) atoms. The third-order valence-corrected chi connectivity index (χ3v) is 6.62. The summed E-state index contributed by atoms with van der Waals surface area (Å²) in [5.41, 5.74) is 3.52. The molecule has 13 heteroatoms. The van der Waals surface area contributed by atoms with Crippen molar-refractivity contribution in [3.63, 3.8) is 0 Å². The first-order chi connectivity index (χ1) is 22.8. The van der Waals surface area contributed by atoms with Crippen LogP contribution in [0.1, 0.15) is 41.3 Å². The fourth-order valence-electron chi connectivity index (χ4n) is 4.27. The molecule has 0 saturated heterocycles. The lowest BCUT2D eigenvalue weighted by Crippen LogP contribution is -2.22. The minimum Gasteiger partial charge on any atom is -0.481 e. The van der Waals surface area contributed by atoms with E-state index in [4.69, 9.17) is 14.6 Å². The summed E-state index contributed by atoms with van der Waals surface area (Å²) in [5.74, 6) is -0.127. The first kappa shape index (κ1) is 34.5. The van der Waals surface area contributed by atoms with Crippen molar-refractivity contribution in [2.75, 3.05) is 48.9 Å². The maximum atomic E-state index is 12.6. The summed E-state index contributed by atoms with van der Waals surface area (Å²) >= 11 is 0. The van der Waals surface area contributed by atoms with Crippen LogP contribution in [-0.2, 0) is 32.0 Å². The molecule has 0 atom stereocenters. The van der Waals surface area contributed by atoms with Crippen LogP contribution in [0.3, 0.4) is 0 Å². The average Bonchev–Trinajstić information content (AvgIpc) is 3.06. The van der Waals surface area contributed by atoms with Crippen LogP contribution in [0.15, 0.2) is 78.9 Å². The SMILES string of the molecule is CC(=O)CCCOCCOCCNc1nc(Nc2ccc(CC(=O)O)cc2)nc(Nc2ccc(C(=O)NCc3ccccc3)cc2)n1. The zero-order valence-electron chi connectivity index (χ0n) is 26.2. The Hall–Kier alpha value is -5.40. The van der Waals surface area contributed by atoms with Crippen molar-refractivity contribution >= 4 is 46.9 Å². The molecule has 3 aromatic carbocycles. The summed E-state index contributed by atoms with van der Waals surface area (Å²) in [5, 5.41) is 21.4. The van der Waals surface area contributed by atoms with Crippen LogP contribution in [0, 0.1) is 0 Å². The van der Waals surface area contributed by atoms with E-state index in [-0.39, 0.29) is 30.0 Å². The van der Waals surface area contributed by atoms with Crippen molar-refractivity contribution in [2.45, 2.75) is 32.7 Å². The number of ether oxygens (including phenoxy) is 2. The van der Waals surface area contributed by atoms with Gasteiger partial charge in [0.1, 0.15) is 5.78 Å². The van der Waals surface area contributed by atoms with Crippen LogP contribution < -0.4 is 21.3 Å². The zero-order chi connectivity index (χ0) is 33.3. The number of nitrogens with zero attached hydrogens (tertiary/aromatic N) is 3. The lowest BCUT2D eigenvalue weighted by Gasteiger charge is -2.12. The highest BCUT2D eigenvalue weighted by Crippen LogP contribution is 2.20. The molecule has 0 aliphatic rings. The molecule has 1 heterocycles. The van der Waals surface area contributed by atoms with Gasteiger partial charge in [-0.05, 0) is 60.9 Å². The lowest BCUT2D eigenvalue weighted by atomic mass is 10.1. The number of nitrogens with one attached hydrogen (secondary N) is 4. The van der Waals surface area contributed by atoms with Crippen LogP contribution in [-0.4, -0.2) is 70.7 Å². The number of carboxylic acid groups (broad SMARTS) is 1. The molecule has 0 radical (unpaired) electrons. The summed E-state index contributed by atoms with van der Waals surface area (Å²) in [6, 6.07) is 23.6. The van der Waals surface area contributed by atoms with Gasteiger partial charge in [0.25, 0.3) is 5.91 Å². The summed E-state index contributed by atoms with van der Waals surface area (Å²) in [6.45, 7) is 4.16. The first-order valence-electron chi connectivity index (χ1n) is 15.3. The van der Waals surface area contributed by atoms with E-state index in [1.165, 1.54) is 0 Å². The van der Waals surface area contributed by atoms with E-state index >= 15 is 0 Å². The average molecular weight is 642 g/mol. The molecule has 246 valence electrons. The Bertz CT molecular complexity index is 1590. The Balaban J connectivity index is 1.35. The number of Topliss-reactive ketones (excluding diaryl/α,β-unsaturated/α-hetero) is 1. The van der Waals surface area contributed by atoms with Crippen molar-refractivity contribution < 1.29 is 29.0 Å². The van der Waals surface area contributed by atoms with E-state index in [2.05, 4.69) is 36.2 Å². The predicted octanol–water partition coefficient (Wildman–Crippen LogP) is 4.73. The van der Waals surface area contributed by atoms with Crippen molar-refractivity contribution in [1.82, 2.24) is 20.3 Å². The van der Waals surface area contributed by atoms with Crippen LogP contribution >= 0.6 is 0 Å². The van der Waals surface area contributed by atoms with Gasteiger partial charge in [-0.15, -0.1) is 0 Å². The Morgan fingerprint density at radius 3 is 1.91 bits per heavy atom. The Morgan fingerprint density at radius 2 is 1.30 bits per heavy atom. The van der Waals surface area contributed by atoms with E-state index in [9.17, 15) is 14.4 Å². The van der Waals surface area contributed by atoms with Gasteiger partial charge in [0.15, 0.2) is 0 Å². The number of anilines is 5. The highest BCUT2D eigenvalue weighted by Gasteiger charge is 2.10. The molecular weight excluding hydrogens is 602 g/mol. The molecule has 1 amide bonds. The molecule has 0 spiro atoms. The lowest BCUT2D eigenvalue weighted by molar-refractivity contribution is -0.136. The summed E-state index contributed by atoms with van der Waals surface area (Å²) in [6.07, 6.45) is 1.14. The van der Waals surface area contributed by atoms with Gasteiger partial charge in [0, 0.05) is 43.1 Å². The molecule has 5 N–H and O–H groups in total. The second-order valence-corrected chi connectivity index (χ2v) is 10.5. The highest BCUT2D eigenvalue weighted by atomic mass is 16.5. The maximum absolute atomic E-state index is 12.6. The van der Waals surface area contributed by atoms with Crippen molar-refractivity contribution in [2.24, 2.45) is 0 Å². The van der Waals surface area contributed by atoms with Crippen LogP contribution in [0.25, 0.3) is 0 Å². The quantitative estimate of drug-likeness (QED) is 0.0840. The van der Waals surface area contributed by atoms with Crippen LogP contribution in [0.2, 0.25) is 0 Å². The van der Waals surface area contributed by atoms with Crippen molar-refractivity contribution in [1.29, 1.82) is 0 Å². The molecule has 0 aliphatic heterocycles. The topological polar surface area (TPSA) is 177 Å². The van der Waals surface area contributed by atoms with Crippen LogP contribution in [0.5, 0.6) is 0 Å². The number of hydrogen-bond donors (Lipinski definition) is 5. The number of amides is 1. The number of carbonyl (C=O) groups is 3. The third-order valence-electron chi connectivity index (χ3n) is 6.62. The van der Waals surface area contributed by atoms with E-state index in [0.29, 0.717) is 80.8 Å². The normalized spacial score (nSPS) is 10.7. The number of aliphatic carboxylic acids is 1. The maximum Gasteiger partial charge on any atom is 0.307 e. The van der Waals surface area contributed by atoms with Gasteiger partial charge < -0.3 is 40.6 Å². The van der Waals surface area contributed by atoms with Crippen molar-refractivity contribution in [3.05, 3.63) is 95.6 Å². The largest absolute Gasteiger partial charge is 0.481 e.